The molecule has 1 atom stereocenters. The van der Waals surface area contributed by atoms with E-state index in [4.69, 9.17) is 18.7 Å². The highest BCUT2D eigenvalue weighted by Gasteiger charge is 2.20. The van der Waals surface area contributed by atoms with Crippen molar-refractivity contribution in [1.29, 1.82) is 0 Å². The molecule has 7 nitrogen and oxygen atoms in total. The first-order valence-electron chi connectivity index (χ1n) is 5.72. The van der Waals surface area contributed by atoms with Crippen LogP contribution in [-0.2, 0) is 23.6 Å². The minimum Gasteiger partial charge on any atom is -0.366 e. The van der Waals surface area contributed by atoms with Crippen molar-refractivity contribution in [2.75, 3.05) is 13.0 Å². The predicted molar refractivity (Wildman–Crippen MR) is 71.8 cm³/mol. The molecule has 20 heavy (non-hydrogen) atoms. The Labute approximate surface area is 117 Å². The average Bonchev–Trinajstić information content (AvgIpc) is 2.26. The Morgan fingerprint density at radius 2 is 1.80 bits per heavy atom. The van der Waals surface area contributed by atoms with E-state index in [0.717, 1.165) is 5.56 Å². The van der Waals surface area contributed by atoms with Gasteiger partial charge in [-0.05, 0) is 26.0 Å². The minimum atomic E-state index is -4.26. The van der Waals surface area contributed by atoms with Crippen LogP contribution in [0, 0.1) is 6.92 Å². The Kier molecular flexibility index (Phi) is 5.88. The summed E-state index contributed by atoms with van der Waals surface area (Å²) in [7, 11) is -8.18. The molecule has 0 radical (unpaired) electrons. The van der Waals surface area contributed by atoms with Crippen molar-refractivity contribution in [2.45, 2.75) is 24.8 Å². The van der Waals surface area contributed by atoms with Crippen LogP contribution in [0.25, 0.3) is 0 Å². The van der Waals surface area contributed by atoms with Gasteiger partial charge in [0.2, 0.25) is 0 Å². The minimum absolute atomic E-state index is 0.0185. The molecular formula is C11H17O7PS. The standard InChI is InChI=1S/C11H17O7PS/c1-9-3-5-11(6-4-9)20(15,16)18-10(2)7-17-8-19(12,13)14/h3-6,10H,7-8H2,1-2H3,(H2,12,13,14)/t10-/m0/s1. The van der Waals surface area contributed by atoms with Crippen LogP contribution in [0.4, 0.5) is 0 Å². The quantitative estimate of drug-likeness (QED) is 0.573. The van der Waals surface area contributed by atoms with Gasteiger partial charge in [-0.1, -0.05) is 17.7 Å². The number of hydrogen-bond acceptors (Lipinski definition) is 5. The van der Waals surface area contributed by atoms with Gasteiger partial charge in [-0.2, -0.15) is 8.42 Å². The number of aryl methyl sites for hydroxylation is 1. The smallest absolute Gasteiger partial charge is 0.350 e. The van der Waals surface area contributed by atoms with Gasteiger partial charge in [-0.3, -0.25) is 8.75 Å². The summed E-state index contributed by atoms with van der Waals surface area (Å²) in [6.07, 6.45) is -1.63. The molecule has 0 aliphatic carbocycles. The van der Waals surface area contributed by atoms with Gasteiger partial charge in [0.05, 0.1) is 17.6 Å². The number of ether oxygens (including phenoxy) is 1. The van der Waals surface area contributed by atoms with Gasteiger partial charge in [0, 0.05) is 0 Å². The Hall–Kier alpha value is -0.760. The maximum absolute atomic E-state index is 11.9. The Morgan fingerprint density at radius 1 is 1.25 bits per heavy atom. The summed E-state index contributed by atoms with van der Waals surface area (Å²) in [6, 6.07) is 6.14. The van der Waals surface area contributed by atoms with Gasteiger partial charge in [0.25, 0.3) is 10.1 Å². The third kappa shape index (κ3) is 6.13. The molecule has 0 aliphatic heterocycles. The third-order valence-electron chi connectivity index (χ3n) is 2.21. The summed E-state index contributed by atoms with van der Waals surface area (Å²) < 4.78 is 43.9. The van der Waals surface area contributed by atoms with Crippen molar-refractivity contribution < 1.29 is 31.7 Å². The summed E-state index contributed by atoms with van der Waals surface area (Å²) in [5.74, 6) is 0. The number of benzene rings is 1. The normalized spacial score (nSPS) is 14.2. The third-order valence-corrected chi connectivity index (χ3v) is 4.16. The van der Waals surface area contributed by atoms with Crippen LogP contribution in [-0.4, -0.2) is 37.3 Å². The zero-order valence-electron chi connectivity index (χ0n) is 11.1. The molecule has 0 unspecified atom stereocenters. The second-order valence-corrected chi connectivity index (χ2v) is 7.50. The van der Waals surface area contributed by atoms with E-state index in [2.05, 4.69) is 0 Å². The fourth-order valence-electron chi connectivity index (χ4n) is 1.34. The lowest BCUT2D eigenvalue weighted by Crippen LogP contribution is -2.21. The Balaban J connectivity index is 2.58. The fourth-order valence-corrected chi connectivity index (χ4v) is 2.75. The lowest BCUT2D eigenvalue weighted by molar-refractivity contribution is 0.0778. The molecular weight excluding hydrogens is 307 g/mol. The first-order valence-corrected chi connectivity index (χ1v) is 8.93. The van der Waals surface area contributed by atoms with Crippen molar-refractivity contribution in [1.82, 2.24) is 0 Å². The summed E-state index contributed by atoms with van der Waals surface area (Å²) in [6.45, 7) is 3.03. The molecule has 0 aliphatic rings. The molecule has 0 aromatic heterocycles. The molecule has 2 N–H and O–H groups in total. The van der Waals surface area contributed by atoms with E-state index in [-0.39, 0.29) is 11.5 Å². The van der Waals surface area contributed by atoms with E-state index < -0.39 is 30.2 Å². The van der Waals surface area contributed by atoms with Crippen molar-refractivity contribution in [2.24, 2.45) is 0 Å². The second kappa shape index (κ2) is 6.80. The summed E-state index contributed by atoms with van der Waals surface area (Å²) in [5.41, 5.74) is 0.918. The molecule has 0 spiro atoms. The van der Waals surface area contributed by atoms with Crippen LogP contribution in [0.2, 0.25) is 0 Å². The predicted octanol–water partition coefficient (Wildman–Crippen LogP) is 1.24. The topological polar surface area (TPSA) is 110 Å². The Morgan fingerprint density at radius 3 is 2.30 bits per heavy atom. The van der Waals surface area contributed by atoms with Gasteiger partial charge >= 0.3 is 7.60 Å². The van der Waals surface area contributed by atoms with Gasteiger partial charge < -0.3 is 14.5 Å². The zero-order chi connectivity index (χ0) is 15.4. The molecule has 0 saturated carbocycles. The molecule has 0 bridgehead atoms. The van der Waals surface area contributed by atoms with Crippen molar-refractivity contribution in [3.63, 3.8) is 0 Å². The lowest BCUT2D eigenvalue weighted by Gasteiger charge is -2.13. The monoisotopic (exact) mass is 324 g/mol. The highest BCUT2D eigenvalue weighted by Crippen LogP contribution is 2.33. The summed E-state index contributed by atoms with van der Waals surface area (Å²) >= 11 is 0. The number of hydrogen-bond donors (Lipinski definition) is 2. The molecule has 0 heterocycles. The van der Waals surface area contributed by atoms with Gasteiger partial charge in [0.15, 0.2) is 0 Å². The first-order chi connectivity index (χ1) is 9.10. The van der Waals surface area contributed by atoms with Crippen LogP contribution in [0.1, 0.15) is 12.5 Å². The molecule has 1 aromatic rings. The Bertz CT molecular complexity index is 575. The van der Waals surface area contributed by atoms with Gasteiger partial charge in [0.1, 0.15) is 6.35 Å². The first kappa shape index (κ1) is 17.3. The second-order valence-electron chi connectivity index (χ2n) is 4.34. The van der Waals surface area contributed by atoms with E-state index >= 15 is 0 Å². The fraction of sp³-hybridized carbons (Fsp3) is 0.455. The van der Waals surface area contributed by atoms with E-state index in [1.54, 1.807) is 12.1 Å². The van der Waals surface area contributed by atoms with Crippen LogP contribution >= 0.6 is 7.60 Å². The van der Waals surface area contributed by atoms with Crippen LogP contribution in [0.3, 0.4) is 0 Å². The largest absolute Gasteiger partial charge is 0.366 e. The van der Waals surface area contributed by atoms with Crippen LogP contribution in [0.5, 0.6) is 0 Å². The maximum atomic E-state index is 11.9. The summed E-state index contributed by atoms with van der Waals surface area (Å²) in [4.78, 5) is 17.2. The molecule has 114 valence electrons. The lowest BCUT2D eigenvalue weighted by atomic mass is 10.2. The zero-order valence-corrected chi connectivity index (χ0v) is 12.8. The van der Waals surface area contributed by atoms with E-state index in [9.17, 15) is 13.0 Å². The van der Waals surface area contributed by atoms with Crippen LogP contribution in [0.15, 0.2) is 29.2 Å². The van der Waals surface area contributed by atoms with E-state index in [1.807, 2.05) is 6.92 Å². The average molecular weight is 324 g/mol. The number of rotatable bonds is 7. The SMILES string of the molecule is Cc1ccc(S(=O)(=O)O[C@@H](C)COCP(=O)(O)O)cc1. The van der Waals surface area contributed by atoms with E-state index in [1.165, 1.54) is 19.1 Å². The molecule has 0 fully saturated rings. The molecule has 1 aromatic carbocycles. The van der Waals surface area contributed by atoms with E-state index in [0.29, 0.717) is 0 Å². The molecule has 9 heteroatoms. The molecule has 0 amide bonds. The van der Waals surface area contributed by atoms with Crippen molar-refractivity contribution in [3.8, 4) is 0 Å². The highest BCUT2D eigenvalue weighted by molar-refractivity contribution is 7.86. The van der Waals surface area contributed by atoms with Crippen LogP contribution < -0.4 is 0 Å². The van der Waals surface area contributed by atoms with Crippen molar-refractivity contribution >= 4 is 17.7 Å². The summed E-state index contributed by atoms with van der Waals surface area (Å²) in [5, 5.41) is 0. The molecule has 0 saturated heterocycles. The van der Waals surface area contributed by atoms with Crippen molar-refractivity contribution in [3.05, 3.63) is 29.8 Å². The highest BCUT2D eigenvalue weighted by atomic mass is 32.2. The maximum Gasteiger partial charge on any atom is 0.350 e. The van der Waals surface area contributed by atoms with Gasteiger partial charge in [-0.25, -0.2) is 0 Å². The molecule has 1 rings (SSSR count). The van der Waals surface area contributed by atoms with Gasteiger partial charge in [-0.15, -0.1) is 0 Å².